The van der Waals surface area contributed by atoms with Crippen LogP contribution in [0.25, 0.3) is 0 Å². The highest BCUT2D eigenvalue weighted by atomic mass is 19.1. The lowest BCUT2D eigenvalue weighted by Crippen LogP contribution is -3.14. The largest absolute Gasteiger partial charge is 0.382 e. The zero-order valence-corrected chi connectivity index (χ0v) is 12.4. The van der Waals surface area contributed by atoms with Gasteiger partial charge in [-0.05, 0) is 17.7 Å². The molecule has 3 rings (SSSR count). The summed E-state index contributed by atoms with van der Waals surface area (Å²) in [4.78, 5) is 1.30. The Labute approximate surface area is 130 Å². The normalized spacial score (nSPS) is 18.8. The first-order valence-corrected chi connectivity index (χ1v) is 7.66. The maximum atomic E-state index is 13.1. The second kappa shape index (κ2) is 7.01. The zero-order chi connectivity index (χ0) is 15.4. The molecule has 116 valence electrons. The summed E-state index contributed by atoms with van der Waals surface area (Å²) in [7, 11) is 0. The molecule has 1 heterocycles. The maximum Gasteiger partial charge on any atom is 0.144 e. The molecule has 2 aromatic carbocycles. The molecule has 0 aromatic heterocycles. The van der Waals surface area contributed by atoms with Gasteiger partial charge in [0.2, 0.25) is 0 Å². The first-order chi connectivity index (χ1) is 10.8. The SMILES string of the molecule is O[C@H](c1ccc(F)cc1)[C@H](c1ccccc1)[NH+]1CCOCC1. The summed E-state index contributed by atoms with van der Waals surface area (Å²) in [6.07, 6.45) is -0.670. The van der Waals surface area contributed by atoms with Crippen molar-refractivity contribution in [3.8, 4) is 0 Å². The molecule has 0 amide bonds. The van der Waals surface area contributed by atoms with Crippen LogP contribution in [0.5, 0.6) is 0 Å². The highest BCUT2D eigenvalue weighted by Crippen LogP contribution is 2.26. The van der Waals surface area contributed by atoms with Gasteiger partial charge in [-0.1, -0.05) is 42.5 Å². The molecule has 0 aliphatic carbocycles. The van der Waals surface area contributed by atoms with Gasteiger partial charge in [0.1, 0.15) is 31.1 Å². The number of morpholine rings is 1. The van der Waals surface area contributed by atoms with Crippen molar-refractivity contribution in [2.24, 2.45) is 0 Å². The molecule has 3 nitrogen and oxygen atoms in total. The van der Waals surface area contributed by atoms with Gasteiger partial charge in [0.15, 0.2) is 0 Å². The molecule has 0 saturated carbocycles. The average Bonchev–Trinajstić information content (AvgIpc) is 2.57. The third-order valence-electron chi connectivity index (χ3n) is 4.26. The summed E-state index contributed by atoms with van der Waals surface area (Å²) in [5.41, 5.74) is 1.84. The number of rotatable bonds is 4. The Kier molecular flexibility index (Phi) is 4.83. The minimum absolute atomic E-state index is 0.0736. The van der Waals surface area contributed by atoms with Gasteiger partial charge in [0.05, 0.1) is 13.2 Å². The van der Waals surface area contributed by atoms with Crippen LogP contribution in [0, 0.1) is 5.82 Å². The predicted molar refractivity (Wildman–Crippen MR) is 82.1 cm³/mol. The Morgan fingerprint density at radius 1 is 0.909 bits per heavy atom. The van der Waals surface area contributed by atoms with E-state index in [4.69, 9.17) is 4.74 Å². The van der Waals surface area contributed by atoms with Gasteiger partial charge in [-0.15, -0.1) is 0 Å². The Hall–Kier alpha value is -1.75. The predicted octanol–water partition coefficient (Wildman–Crippen LogP) is 1.52. The van der Waals surface area contributed by atoms with Crippen molar-refractivity contribution in [3.05, 3.63) is 71.5 Å². The highest BCUT2D eigenvalue weighted by molar-refractivity contribution is 5.25. The van der Waals surface area contributed by atoms with Gasteiger partial charge >= 0.3 is 0 Å². The number of hydrogen-bond donors (Lipinski definition) is 2. The maximum absolute atomic E-state index is 13.1. The number of quaternary nitrogens is 1. The molecule has 2 N–H and O–H groups in total. The third-order valence-corrected chi connectivity index (χ3v) is 4.26. The number of hydrogen-bond acceptors (Lipinski definition) is 2. The molecule has 1 aliphatic rings. The third kappa shape index (κ3) is 3.35. The van der Waals surface area contributed by atoms with Gasteiger partial charge in [-0.2, -0.15) is 0 Å². The summed E-state index contributed by atoms with van der Waals surface area (Å²) >= 11 is 0. The van der Waals surface area contributed by atoms with Gasteiger partial charge < -0.3 is 14.7 Å². The molecule has 4 heteroatoms. The van der Waals surface area contributed by atoms with Gasteiger partial charge in [-0.25, -0.2) is 4.39 Å². The number of nitrogens with one attached hydrogen (secondary N) is 1. The van der Waals surface area contributed by atoms with E-state index in [-0.39, 0.29) is 11.9 Å². The minimum atomic E-state index is -0.670. The van der Waals surface area contributed by atoms with E-state index >= 15 is 0 Å². The summed E-state index contributed by atoms with van der Waals surface area (Å²) < 4.78 is 18.6. The smallest absolute Gasteiger partial charge is 0.144 e. The quantitative estimate of drug-likeness (QED) is 0.898. The summed E-state index contributed by atoms with van der Waals surface area (Å²) in [6.45, 7) is 3.12. The molecule has 0 unspecified atom stereocenters. The monoisotopic (exact) mass is 302 g/mol. The molecule has 1 aliphatic heterocycles. The van der Waals surface area contributed by atoms with Gasteiger partial charge in [0.25, 0.3) is 0 Å². The van der Waals surface area contributed by atoms with Gasteiger partial charge in [0, 0.05) is 5.56 Å². The van der Waals surface area contributed by atoms with Crippen molar-refractivity contribution >= 4 is 0 Å². The summed E-state index contributed by atoms with van der Waals surface area (Å²) in [5.74, 6) is -0.286. The van der Waals surface area contributed by atoms with Crippen molar-refractivity contribution in [3.63, 3.8) is 0 Å². The lowest BCUT2D eigenvalue weighted by molar-refractivity contribution is -0.943. The number of ether oxygens (including phenoxy) is 1. The van der Waals surface area contributed by atoms with Crippen molar-refractivity contribution in [1.29, 1.82) is 0 Å². The Morgan fingerprint density at radius 2 is 1.55 bits per heavy atom. The standard InChI is InChI=1S/C18H20FNO2/c19-16-8-6-15(7-9-16)18(21)17(14-4-2-1-3-5-14)20-10-12-22-13-11-20/h1-9,17-18,21H,10-13H2/p+1/t17-,18+/m0/s1. The molecular formula is C18H21FNO2+. The fourth-order valence-electron chi connectivity index (χ4n) is 3.10. The van der Waals surface area contributed by atoms with Crippen molar-refractivity contribution in [2.45, 2.75) is 12.1 Å². The van der Waals surface area contributed by atoms with E-state index in [1.807, 2.05) is 30.3 Å². The molecule has 0 bridgehead atoms. The first kappa shape index (κ1) is 15.2. The minimum Gasteiger partial charge on any atom is -0.382 e. The molecule has 1 fully saturated rings. The molecule has 0 spiro atoms. The van der Waals surface area contributed by atoms with E-state index < -0.39 is 6.10 Å². The number of halogens is 1. The number of benzene rings is 2. The van der Waals surface area contributed by atoms with E-state index in [0.29, 0.717) is 13.2 Å². The summed E-state index contributed by atoms with van der Waals surface area (Å²) in [6, 6.07) is 16.1. The second-order valence-electron chi connectivity index (χ2n) is 5.66. The Morgan fingerprint density at radius 3 is 2.18 bits per heavy atom. The zero-order valence-electron chi connectivity index (χ0n) is 12.4. The van der Waals surface area contributed by atoms with Crippen molar-refractivity contribution in [2.75, 3.05) is 26.3 Å². The van der Waals surface area contributed by atoms with Crippen LogP contribution in [0.1, 0.15) is 23.3 Å². The van der Waals surface area contributed by atoms with Crippen LogP contribution >= 0.6 is 0 Å². The van der Waals surface area contributed by atoms with E-state index in [1.165, 1.54) is 17.0 Å². The Bertz CT molecular complexity index is 582. The van der Waals surface area contributed by atoms with E-state index in [1.54, 1.807) is 12.1 Å². The van der Waals surface area contributed by atoms with Crippen LogP contribution in [0.15, 0.2) is 54.6 Å². The van der Waals surface area contributed by atoms with Crippen LogP contribution < -0.4 is 4.90 Å². The lowest BCUT2D eigenvalue weighted by atomic mass is 9.94. The highest BCUT2D eigenvalue weighted by Gasteiger charge is 2.33. The first-order valence-electron chi connectivity index (χ1n) is 7.66. The molecule has 0 radical (unpaired) electrons. The van der Waals surface area contributed by atoms with E-state index in [2.05, 4.69) is 0 Å². The number of aliphatic hydroxyl groups is 1. The molecular weight excluding hydrogens is 281 g/mol. The van der Waals surface area contributed by atoms with Gasteiger partial charge in [-0.3, -0.25) is 0 Å². The molecule has 1 saturated heterocycles. The van der Waals surface area contributed by atoms with E-state index in [0.717, 1.165) is 24.2 Å². The Balaban J connectivity index is 1.91. The van der Waals surface area contributed by atoms with Crippen LogP contribution in [0.3, 0.4) is 0 Å². The molecule has 2 aromatic rings. The number of aliphatic hydroxyl groups excluding tert-OH is 1. The molecule has 2 atom stereocenters. The van der Waals surface area contributed by atoms with Crippen LogP contribution in [-0.2, 0) is 4.74 Å². The van der Waals surface area contributed by atoms with Crippen LogP contribution in [0.2, 0.25) is 0 Å². The fraction of sp³-hybridized carbons (Fsp3) is 0.333. The lowest BCUT2D eigenvalue weighted by Gasteiger charge is -2.34. The second-order valence-corrected chi connectivity index (χ2v) is 5.66. The van der Waals surface area contributed by atoms with Crippen molar-refractivity contribution in [1.82, 2.24) is 0 Å². The van der Waals surface area contributed by atoms with E-state index in [9.17, 15) is 9.50 Å². The van der Waals surface area contributed by atoms with Crippen LogP contribution in [0.4, 0.5) is 4.39 Å². The van der Waals surface area contributed by atoms with Crippen molar-refractivity contribution < 1.29 is 19.1 Å². The van der Waals surface area contributed by atoms with Crippen LogP contribution in [-0.4, -0.2) is 31.4 Å². The fourth-order valence-corrected chi connectivity index (χ4v) is 3.10. The average molecular weight is 302 g/mol. The summed E-state index contributed by atoms with van der Waals surface area (Å²) in [5, 5.41) is 10.9. The topological polar surface area (TPSA) is 33.9 Å². The molecule has 22 heavy (non-hydrogen) atoms.